The number of esters is 1. The zero-order valence-corrected chi connectivity index (χ0v) is 23.2. The second-order valence-corrected chi connectivity index (χ2v) is 10.1. The third kappa shape index (κ3) is 5.34. The number of fused-ring (bicyclic) bond motifs is 2. The van der Waals surface area contributed by atoms with Crippen LogP contribution in [0.3, 0.4) is 0 Å². The summed E-state index contributed by atoms with van der Waals surface area (Å²) in [5.74, 6) is -0.186. The molecule has 1 atom stereocenters. The smallest absolute Gasteiger partial charge is 0.338 e. The molecule has 4 aromatic rings. The summed E-state index contributed by atoms with van der Waals surface area (Å²) < 4.78 is 17.1. The van der Waals surface area contributed by atoms with Crippen molar-refractivity contribution in [3.8, 4) is 5.75 Å². The molecule has 0 spiro atoms. The van der Waals surface area contributed by atoms with E-state index in [9.17, 15) is 14.4 Å². The first-order chi connectivity index (χ1) is 19.4. The molecule has 0 bridgehead atoms. The highest BCUT2D eigenvalue weighted by molar-refractivity contribution is 6.31. The lowest BCUT2D eigenvalue weighted by Crippen LogP contribution is -2.29. The van der Waals surface area contributed by atoms with Gasteiger partial charge in [0.1, 0.15) is 11.3 Å². The number of hydrogen-bond donors (Lipinski definition) is 0. The molecule has 5 rings (SSSR count). The second-order valence-electron chi connectivity index (χ2n) is 9.70. The number of ether oxygens (including phenoxy) is 2. The molecule has 0 fully saturated rings. The third-order valence-electron chi connectivity index (χ3n) is 6.91. The molecule has 40 heavy (non-hydrogen) atoms. The van der Waals surface area contributed by atoms with Gasteiger partial charge in [-0.3, -0.25) is 14.5 Å². The van der Waals surface area contributed by atoms with Gasteiger partial charge < -0.3 is 13.9 Å². The van der Waals surface area contributed by atoms with E-state index in [2.05, 4.69) is 6.92 Å². The highest BCUT2D eigenvalue weighted by atomic mass is 35.5. The summed E-state index contributed by atoms with van der Waals surface area (Å²) in [6.45, 7) is 5.08. The summed E-state index contributed by atoms with van der Waals surface area (Å²) in [4.78, 5) is 41.6. The zero-order valence-electron chi connectivity index (χ0n) is 22.4. The molecule has 1 amide bonds. The molecule has 1 aliphatic heterocycles. The van der Waals surface area contributed by atoms with E-state index in [4.69, 9.17) is 25.5 Å². The van der Waals surface area contributed by atoms with Gasteiger partial charge in [-0.2, -0.15) is 0 Å². The normalized spacial score (nSPS) is 14.4. The van der Waals surface area contributed by atoms with Crippen LogP contribution >= 0.6 is 11.6 Å². The van der Waals surface area contributed by atoms with Crippen LogP contribution in [0.15, 0.2) is 75.9 Å². The lowest BCUT2D eigenvalue weighted by atomic mass is 9.98. The summed E-state index contributed by atoms with van der Waals surface area (Å²) in [6, 6.07) is 18.0. The van der Waals surface area contributed by atoms with Crippen LogP contribution in [0.25, 0.3) is 11.0 Å². The Bertz CT molecular complexity index is 1590. The SMILES string of the molecule is CCCCOC(=O)c1ccc(N2C(=O)c3oc4ccc(Cl)cc4c(=O)c3C2c2ccc(OCCCC)cc2)cc1. The molecule has 206 valence electrons. The van der Waals surface area contributed by atoms with Gasteiger partial charge in [-0.1, -0.05) is 50.4 Å². The van der Waals surface area contributed by atoms with Crippen molar-refractivity contribution in [2.75, 3.05) is 18.1 Å². The van der Waals surface area contributed by atoms with Crippen molar-refractivity contribution in [1.82, 2.24) is 0 Å². The minimum absolute atomic E-state index is 0.0175. The standard InChI is InChI=1S/C32H30ClNO6/c1-3-5-17-38-24-14-9-20(10-15-24)28-27-29(35)25-19-22(33)11-16-26(25)40-30(27)31(36)34(28)23-12-7-21(8-13-23)32(37)39-18-6-4-2/h7-16,19,28H,3-6,17-18H2,1-2H3. The molecule has 0 aliphatic carbocycles. The van der Waals surface area contributed by atoms with Crippen molar-refractivity contribution in [2.24, 2.45) is 0 Å². The predicted octanol–water partition coefficient (Wildman–Crippen LogP) is 7.33. The van der Waals surface area contributed by atoms with Crippen molar-refractivity contribution in [3.63, 3.8) is 0 Å². The lowest BCUT2D eigenvalue weighted by molar-refractivity contribution is 0.0499. The Kier molecular flexibility index (Phi) is 8.21. The molecular weight excluding hydrogens is 530 g/mol. The van der Waals surface area contributed by atoms with E-state index < -0.39 is 17.9 Å². The molecule has 1 aromatic heterocycles. The van der Waals surface area contributed by atoms with Crippen molar-refractivity contribution < 1.29 is 23.5 Å². The van der Waals surface area contributed by atoms with E-state index in [1.807, 2.05) is 31.2 Å². The van der Waals surface area contributed by atoms with Gasteiger partial charge in [0.05, 0.1) is 35.8 Å². The number of carbonyl (C=O) groups is 2. The molecule has 0 radical (unpaired) electrons. The van der Waals surface area contributed by atoms with E-state index >= 15 is 0 Å². The maximum absolute atomic E-state index is 13.8. The fraction of sp³-hybridized carbons (Fsp3) is 0.281. The maximum atomic E-state index is 13.8. The van der Waals surface area contributed by atoms with E-state index in [0.717, 1.165) is 25.7 Å². The van der Waals surface area contributed by atoms with E-state index in [0.29, 0.717) is 46.2 Å². The van der Waals surface area contributed by atoms with Gasteiger partial charge in [0.15, 0.2) is 5.43 Å². The number of benzene rings is 3. The van der Waals surface area contributed by atoms with Crippen molar-refractivity contribution >= 4 is 40.1 Å². The second kappa shape index (κ2) is 12.0. The highest BCUT2D eigenvalue weighted by Gasteiger charge is 2.43. The van der Waals surface area contributed by atoms with Crippen LogP contribution in [0.1, 0.15) is 77.6 Å². The maximum Gasteiger partial charge on any atom is 0.338 e. The average Bonchev–Trinajstić information content (AvgIpc) is 3.26. The van der Waals surface area contributed by atoms with Gasteiger partial charge in [0.25, 0.3) is 5.91 Å². The van der Waals surface area contributed by atoms with Crippen LogP contribution in [-0.2, 0) is 4.74 Å². The molecule has 1 unspecified atom stereocenters. The monoisotopic (exact) mass is 559 g/mol. The molecule has 2 heterocycles. The van der Waals surface area contributed by atoms with Gasteiger partial charge in [-0.25, -0.2) is 4.79 Å². The molecule has 8 heteroatoms. The van der Waals surface area contributed by atoms with Crippen LogP contribution < -0.4 is 15.1 Å². The molecule has 0 saturated carbocycles. The highest BCUT2D eigenvalue weighted by Crippen LogP contribution is 2.41. The summed E-state index contributed by atoms with van der Waals surface area (Å²) in [5, 5.41) is 0.697. The number of halogens is 1. The number of carbonyl (C=O) groups excluding carboxylic acids is 2. The molecular formula is C32H30ClNO6. The van der Waals surface area contributed by atoms with Crippen LogP contribution in [0.2, 0.25) is 5.02 Å². The first kappa shape index (κ1) is 27.5. The Balaban J connectivity index is 1.57. The Labute approximate surface area is 237 Å². The summed E-state index contributed by atoms with van der Waals surface area (Å²) in [6.07, 6.45) is 3.68. The largest absolute Gasteiger partial charge is 0.494 e. The number of unbranched alkanes of at least 4 members (excludes halogenated alkanes) is 2. The number of nitrogens with zero attached hydrogens (tertiary/aromatic N) is 1. The number of rotatable bonds is 10. The van der Waals surface area contributed by atoms with E-state index in [1.165, 1.54) is 4.90 Å². The van der Waals surface area contributed by atoms with Crippen molar-refractivity contribution in [2.45, 2.75) is 45.6 Å². The molecule has 0 N–H and O–H groups in total. The van der Waals surface area contributed by atoms with Crippen molar-refractivity contribution in [1.29, 1.82) is 0 Å². The van der Waals surface area contributed by atoms with E-state index in [-0.39, 0.29) is 22.3 Å². The van der Waals surface area contributed by atoms with Gasteiger partial charge in [0.2, 0.25) is 5.76 Å². The molecule has 7 nitrogen and oxygen atoms in total. The van der Waals surface area contributed by atoms with Crippen LogP contribution in [0.4, 0.5) is 5.69 Å². The quantitative estimate of drug-likeness (QED) is 0.149. The van der Waals surface area contributed by atoms with Gasteiger partial charge in [0, 0.05) is 10.7 Å². The zero-order chi connectivity index (χ0) is 28.2. The Morgan fingerprint density at radius 2 is 1.62 bits per heavy atom. The Morgan fingerprint density at radius 3 is 2.33 bits per heavy atom. The third-order valence-corrected chi connectivity index (χ3v) is 7.14. The first-order valence-electron chi connectivity index (χ1n) is 13.5. The summed E-state index contributed by atoms with van der Waals surface area (Å²) >= 11 is 6.19. The summed E-state index contributed by atoms with van der Waals surface area (Å²) in [5.41, 5.74) is 1.81. The van der Waals surface area contributed by atoms with E-state index in [1.54, 1.807) is 42.5 Å². The minimum Gasteiger partial charge on any atom is -0.494 e. The molecule has 0 saturated heterocycles. The fourth-order valence-electron chi connectivity index (χ4n) is 4.76. The number of anilines is 1. The fourth-order valence-corrected chi connectivity index (χ4v) is 4.93. The minimum atomic E-state index is -0.755. The Hall–Kier alpha value is -4.10. The lowest BCUT2D eigenvalue weighted by Gasteiger charge is -2.25. The molecule has 1 aliphatic rings. The van der Waals surface area contributed by atoms with Crippen molar-refractivity contribution in [3.05, 3.63) is 104 Å². The van der Waals surface area contributed by atoms with Gasteiger partial charge in [-0.05, 0) is 73.0 Å². The van der Waals surface area contributed by atoms with Gasteiger partial charge >= 0.3 is 5.97 Å². The average molecular weight is 560 g/mol. The predicted molar refractivity (Wildman–Crippen MR) is 155 cm³/mol. The summed E-state index contributed by atoms with van der Waals surface area (Å²) in [7, 11) is 0. The number of amides is 1. The number of hydrogen-bond acceptors (Lipinski definition) is 6. The Morgan fingerprint density at radius 1 is 0.925 bits per heavy atom. The molecule has 3 aromatic carbocycles. The van der Waals surface area contributed by atoms with Crippen LogP contribution in [-0.4, -0.2) is 25.1 Å². The first-order valence-corrected chi connectivity index (χ1v) is 13.9. The van der Waals surface area contributed by atoms with Crippen LogP contribution in [0.5, 0.6) is 5.75 Å². The van der Waals surface area contributed by atoms with Gasteiger partial charge in [-0.15, -0.1) is 0 Å². The van der Waals surface area contributed by atoms with Crippen LogP contribution in [0, 0.1) is 0 Å². The topological polar surface area (TPSA) is 86.0 Å².